The third-order valence-corrected chi connectivity index (χ3v) is 3.63. The van der Waals surface area contributed by atoms with Gasteiger partial charge in [-0.15, -0.1) is 0 Å². The van der Waals surface area contributed by atoms with Gasteiger partial charge in [-0.3, -0.25) is 4.79 Å². The van der Waals surface area contributed by atoms with Gasteiger partial charge in [0.1, 0.15) is 5.75 Å². The molecule has 1 atom stereocenters. The molecule has 0 spiro atoms. The van der Waals surface area contributed by atoms with Gasteiger partial charge in [0, 0.05) is 25.1 Å². The number of rotatable bonds is 7. The summed E-state index contributed by atoms with van der Waals surface area (Å²) < 4.78 is 6.74. The second-order valence-electron chi connectivity index (χ2n) is 4.92. The van der Waals surface area contributed by atoms with Crippen molar-refractivity contribution in [2.45, 2.75) is 32.9 Å². The number of nitrogens with zero attached hydrogens (tertiary/aromatic N) is 1. The van der Waals surface area contributed by atoms with E-state index in [1.807, 2.05) is 18.2 Å². The van der Waals surface area contributed by atoms with Crippen molar-refractivity contribution in [3.05, 3.63) is 28.2 Å². The minimum atomic E-state index is -0.484. The first-order valence-electron chi connectivity index (χ1n) is 6.82. The molecule has 1 aromatic rings. The monoisotopic (exact) mass is 342 g/mol. The molecule has 0 saturated heterocycles. The summed E-state index contributed by atoms with van der Waals surface area (Å²) in [5.41, 5.74) is 1.13. The summed E-state index contributed by atoms with van der Waals surface area (Å²) >= 11 is 3.53. The smallest absolute Gasteiger partial charge is 0.262 e. The van der Waals surface area contributed by atoms with Gasteiger partial charge in [-0.2, -0.15) is 0 Å². The van der Waals surface area contributed by atoms with E-state index in [1.54, 1.807) is 21.0 Å². The molecule has 0 aromatic heterocycles. The van der Waals surface area contributed by atoms with Crippen LogP contribution in [0.25, 0.3) is 0 Å². The molecule has 0 aliphatic carbocycles. The highest BCUT2D eigenvalue weighted by Crippen LogP contribution is 2.23. The van der Waals surface area contributed by atoms with Crippen LogP contribution in [0.4, 0.5) is 0 Å². The van der Waals surface area contributed by atoms with Crippen molar-refractivity contribution in [2.75, 3.05) is 20.6 Å². The van der Waals surface area contributed by atoms with Crippen molar-refractivity contribution in [1.82, 2.24) is 10.2 Å². The Labute approximate surface area is 129 Å². The minimum Gasteiger partial charge on any atom is -0.481 e. The Kier molecular flexibility index (Phi) is 7.02. The Hall–Kier alpha value is -1.07. The number of likely N-dealkylation sites (N-methyl/N-ethyl adjacent to an activating group) is 1. The maximum Gasteiger partial charge on any atom is 0.262 e. The maximum absolute atomic E-state index is 11.8. The molecule has 1 aromatic carbocycles. The van der Waals surface area contributed by atoms with Crippen molar-refractivity contribution in [3.63, 3.8) is 0 Å². The molecule has 1 rings (SSSR count). The number of amides is 1. The van der Waals surface area contributed by atoms with Gasteiger partial charge in [0.05, 0.1) is 0 Å². The van der Waals surface area contributed by atoms with Crippen LogP contribution in [0.5, 0.6) is 5.75 Å². The highest BCUT2D eigenvalue weighted by molar-refractivity contribution is 9.10. The lowest BCUT2D eigenvalue weighted by Crippen LogP contribution is -2.35. The van der Waals surface area contributed by atoms with Crippen LogP contribution in [0.3, 0.4) is 0 Å². The zero-order valence-corrected chi connectivity index (χ0v) is 14.2. The fourth-order valence-electron chi connectivity index (χ4n) is 1.78. The summed E-state index contributed by atoms with van der Waals surface area (Å²) in [4.78, 5) is 13.3. The molecule has 1 amide bonds. The van der Waals surface area contributed by atoms with Gasteiger partial charge in [-0.05, 0) is 43.7 Å². The summed E-state index contributed by atoms with van der Waals surface area (Å²) in [7, 11) is 3.45. The molecular formula is C15H23BrN2O2. The largest absolute Gasteiger partial charge is 0.481 e. The molecule has 0 radical (unpaired) electrons. The number of hydrogen-bond donors (Lipinski definition) is 1. The van der Waals surface area contributed by atoms with E-state index in [2.05, 4.69) is 28.2 Å². The van der Waals surface area contributed by atoms with Crippen LogP contribution >= 0.6 is 15.9 Å². The van der Waals surface area contributed by atoms with E-state index < -0.39 is 6.10 Å². The highest BCUT2D eigenvalue weighted by Gasteiger charge is 2.16. The van der Waals surface area contributed by atoms with Crippen LogP contribution in [0, 0.1) is 0 Å². The van der Waals surface area contributed by atoms with E-state index in [0.29, 0.717) is 5.75 Å². The Morgan fingerprint density at radius 1 is 1.45 bits per heavy atom. The van der Waals surface area contributed by atoms with Crippen LogP contribution < -0.4 is 10.1 Å². The molecule has 4 nitrogen and oxygen atoms in total. The fourth-order valence-corrected chi connectivity index (χ4v) is 2.16. The fraction of sp³-hybridized carbons (Fsp3) is 0.533. The molecule has 5 heteroatoms. The van der Waals surface area contributed by atoms with Crippen molar-refractivity contribution < 1.29 is 9.53 Å². The van der Waals surface area contributed by atoms with Crippen molar-refractivity contribution >= 4 is 21.8 Å². The first kappa shape index (κ1) is 17.0. The van der Waals surface area contributed by atoms with Gasteiger partial charge in [0.25, 0.3) is 5.91 Å². The number of halogens is 1. The summed E-state index contributed by atoms with van der Waals surface area (Å²) in [6.07, 6.45) is 0.616. The van der Waals surface area contributed by atoms with E-state index in [-0.39, 0.29) is 5.91 Å². The van der Waals surface area contributed by atoms with E-state index in [1.165, 1.54) is 4.90 Å². The van der Waals surface area contributed by atoms with Gasteiger partial charge in [-0.25, -0.2) is 0 Å². The van der Waals surface area contributed by atoms with Crippen LogP contribution in [0.1, 0.15) is 25.8 Å². The lowest BCUT2D eigenvalue weighted by atomic mass is 10.2. The standard InChI is InChI=1S/C15H23BrN2O2/c1-5-8-17-10-12-9-13(6-7-14(12)16)20-11(2)15(19)18(3)4/h6-7,9,11,17H,5,8,10H2,1-4H3. The van der Waals surface area contributed by atoms with Crippen LogP contribution in [0.2, 0.25) is 0 Å². The predicted molar refractivity (Wildman–Crippen MR) is 84.9 cm³/mol. The Balaban J connectivity index is 2.71. The van der Waals surface area contributed by atoms with Crippen molar-refractivity contribution in [2.24, 2.45) is 0 Å². The summed E-state index contributed by atoms with van der Waals surface area (Å²) in [6.45, 7) is 5.66. The molecular weight excluding hydrogens is 320 g/mol. The third-order valence-electron chi connectivity index (χ3n) is 2.86. The summed E-state index contributed by atoms with van der Waals surface area (Å²) in [6, 6.07) is 5.78. The van der Waals surface area contributed by atoms with Gasteiger partial charge >= 0.3 is 0 Å². The molecule has 112 valence electrons. The Morgan fingerprint density at radius 3 is 2.75 bits per heavy atom. The molecule has 0 fully saturated rings. The molecule has 0 aliphatic heterocycles. The zero-order chi connectivity index (χ0) is 15.1. The zero-order valence-electron chi connectivity index (χ0n) is 12.6. The third kappa shape index (κ3) is 5.13. The van der Waals surface area contributed by atoms with E-state index in [0.717, 1.165) is 29.5 Å². The molecule has 1 N–H and O–H groups in total. The normalized spacial score (nSPS) is 12.1. The Bertz CT molecular complexity index is 449. The second kappa shape index (κ2) is 8.27. The SMILES string of the molecule is CCCNCc1cc(OC(C)C(=O)N(C)C)ccc1Br. The number of nitrogens with one attached hydrogen (secondary N) is 1. The number of ether oxygens (including phenoxy) is 1. The van der Waals surface area contributed by atoms with E-state index >= 15 is 0 Å². The minimum absolute atomic E-state index is 0.0430. The second-order valence-corrected chi connectivity index (χ2v) is 5.78. The van der Waals surface area contributed by atoms with Gasteiger partial charge in [0.15, 0.2) is 6.10 Å². The highest BCUT2D eigenvalue weighted by atomic mass is 79.9. The average molecular weight is 343 g/mol. The van der Waals surface area contributed by atoms with E-state index in [9.17, 15) is 4.79 Å². The lowest BCUT2D eigenvalue weighted by Gasteiger charge is -2.19. The molecule has 0 aliphatic rings. The first-order chi connectivity index (χ1) is 9.45. The van der Waals surface area contributed by atoms with Gasteiger partial charge in [-0.1, -0.05) is 22.9 Å². The number of carbonyl (C=O) groups excluding carboxylic acids is 1. The topological polar surface area (TPSA) is 41.6 Å². The van der Waals surface area contributed by atoms with Gasteiger partial charge < -0.3 is 15.0 Å². The summed E-state index contributed by atoms with van der Waals surface area (Å²) in [5.74, 6) is 0.669. The molecule has 0 heterocycles. The number of carbonyl (C=O) groups is 1. The summed E-state index contributed by atoms with van der Waals surface area (Å²) in [5, 5.41) is 3.35. The molecule has 20 heavy (non-hydrogen) atoms. The predicted octanol–water partition coefficient (Wildman–Crippen LogP) is 2.80. The van der Waals surface area contributed by atoms with Gasteiger partial charge in [0.2, 0.25) is 0 Å². The molecule has 0 saturated carbocycles. The Morgan fingerprint density at radius 2 is 2.15 bits per heavy atom. The lowest BCUT2D eigenvalue weighted by molar-refractivity contribution is -0.135. The quantitative estimate of drug-likeness (QED) is 0.774. The van der Waals surface area contributed by atoms with Crippen molar-refractivity contribution in [1.29, 1.82) is 0 Å². The first-order valence-corrected chi connectivity index (χ1v) is 7.62. The van der Waals surface area contributed by atoms with Crippen LogP contribution in [-0.4, -0.2) is 37.6 Å². The van der Waals surface area contributed by atoms with Crippen molar-refractivity contribution in [3.8, 4) is 5.75 Å². The average Bonchev–Trinajstić information content (AvgIpc) is 2.41. The maximum atomic E-state index is 11.8. The van der Waals surface area contributed by atoms with Crippen LogP contribution in [-0.2, 0) is 11.3 Å². The molecule has 1 unspecified atom stereocenters. The number of benzene rings is 1. The number of hydrogen-bond acceptors (Lipinski definition) is 3. The molecule has 0 bridgehead atoms. The van der Waals surface area contributed by atoms with E-state index in [4.69, 9.17) is 4.74 Å². The van der Waals surface area contributed by atoms with Crippen LogP contribution in [0.15, 0.2) is 22.7 Å².